The Morgan fingerprint density at radius 3 is 2.76 bits per heavy atom. The molecule has 0 spiro atoms. The lowest BCUT2D eigenvalue weighted by Crippen LogP contribution is -2.12. The fraction of sp³-hybridized carbons (Fsp3) is 0.0909. The van der Waals surface area contributed by atoms with E-state index in [4.69, 9.17) is 0 Å². The number of nitrogens with zero attached hydrogens (tertiary/aromatic N) is 2. The van der Waals surface area contributed by atoms with Crippen LogP contribution in [0.4, 0.5) is 5.82 Å². The molecular formula is C11H11N3O3. The van der Waals surface area contributed by atoms with E-state index in [1.165, 1.54) is 22.9 Å². The van der Waals surface area contributed by atoms with Gasteiger partial charge in [-0.2, -0.15) is 5.10 Å². The highest BCUT2D eigenvalue weighted by Gasteiger charge is 2.14. The second-order valence-corrected chi connectivity index (χ2v) is 3.50. The molecule has 0 bridgehead atoms. The lowest BCUT2D eigenvalue weighted by molar-refractivity contribution is 0.102. The molecule has 88 valence electrons. The molecule has 1 aromatic carbocycles. The fourth-order valence-electron chi connectivity index (χ4n) is 1.38. The SMILES string of the molecule is Cn1ccc(NC(=O)c2cccc(O)c2O)n1. The third-order valence-corrected chi connectivity index (χ3v) is 2.21. The van der Waals surface area contributed by atoms with Crippen LogP contribution in [-0.4, -0.2) is 25.9 Å². The molecule has 1 amide bonds. The lowest BCUT2D eigenvalue weighted by Gasteiger charge is -2.05. The highest BCUT2D eigenvalue weighted by atomic mass is 16.3. The smallest absolute Gasteiger partial charge is 0.260 e. The summed E-state index contributed by atoms with van der Waals surface area (Å²) in [7, 11) is 1.72. The number of phenolic OH excluding ortho intramolecular Hbond substituents is 2. The van der Waals surface area contributed by atoms with Gasteiger partial charge in [0.2, 0.25) is 0 Å². The van der Waals surface area contributed by atoms with Crippen molar-refractivity contribution >= 4 is 11.7 Å². The van der Waals surface area contributed by atoms with Gasteiger partial charge in [-0.15, -0.1) is 0 Å². The summed E-state index contributed by atoms with van der Waals surface area (Å²) in [6, 6.07) is 5.81. The molecule has 0 aliphatic carbocycles. The van der Waals surface area contributed by atoms with Gasteiger partial charge in [0.1, 0.15) is 0 Å². The normalized spacial score (nSPS) is 10.2. The maximum atomic E-state index is 11.8. The number of para-hydroxylation sites is 1. The lowest BCUT2D eigenvalue weighted by atomic mass is 10.1. The monoisotopic (exact) mass is 233 g/mol. The number of hydrogen-bond donors (Lipinski definition) is 3. The van der Waals surface area contributed by atoms with Crippen molar-refractivity contribution in [2.45, 2.75) is 0 Å². The summed E-state index contributed by atoms with van der Waals surface area (Å²) >= 11 is 0. The maximum Gasteiger partial charge on any atom is 0.260 e. The van der Waals surface area contributed by atoms with E-state index in [2.05, 4.69) is 10.4 Å². The number of phenols is 2. The van der Waals surface area contributed by atoms with Crippen LogP contribution in [0.5, 0.6) is 11.5 Å². The van der Waals surface area contributed by atoms with E-state index in [1.54, 1.807) is 19.3 Å². The minimum Gasteiger partial charge on any atom is -0.504 e. The molecule has 0 aliphatic heterocycles. The van der Waals surface area contributed by atoms with Crippen molar-refractivity contribution in [3.05, 3.63) is 36.0 Å². The summed E-state index contributed by atoms with van der Waals surface area (Å²) in [4.78, 5) is 11.8. The zero-order valence-electron chi connectivity index (χ0n) is 9.08. The molecule has 2 rings (SSSR count). The molecule has 6 nitrogen and oxygen atoms in total. The van der Waals surface area contributed by atoms with Crippen LogP contribution in [0.2, 0.25) is 0 Å². The Kier molecular flexibility index (Phi) is 2.70. The molecule has 0 saturated heterocycles. The molecule has 0 saturated carbocycles. The number of rotatable bonds is 2. The topological polar surface area (TPSA) is 87.4 Å². The number of nitrogens with one attached hydrogen (secondary N) is 1. The van der Waals surface area contributed by atoms with Gasteiger partial charge in [-0.3, -0.25) is 9.48 Å². The molecule has 0 radical (unpaired) electrons. The van der Waals surface area contributed by atoms with Crippen LogP contribution in [-0.2, 0) is 7.05 Å². The van der Waals surface area contributed by atoms with Gasteiger partial charge < -0.3 is 15.5 Å². The van der Waals surface area contributed by atoms with Gasteiger partial charge in [-0.1, -0.05) is 6.07 Å². The number of amides is 1. The summed E-state index contributed by atoms with van der Waals surface area (Å²) in [5, 5.41) is 25.3. The fourth-order valence-corrected chi connectivity index (χ4v) is 1.38. The van der Waals surface area contributed by atoms with Gasteiger partial charge in [0.15, 0.2) is 17.3 Å². The number of benzene rings is 1. The first-order valence-corrected chi connectivity index (χ1v) is 4.90. The Morgan fingerprint density at radius 1 is 1.35 bits per heavy atom. The van der Waals surface area contributed by atoms with Crippen molar-refractivity contribution in [1.82, 2.24) is 9.78 Å². The largest absolute Gasteiger partial charge is 0.504 e. The second-order valence-electron chi connectivity index (χ2n) is 3.50. The van der Waals surface area contributed by atoms with Crippen LogP contribution >= 0.6 is 0 Å². The quantitative estimate of drug-likeness (QED) is 0.677. The first-order chi connectivity index (χ1) is 8.08. The van der Waals surface area contributed by atoms with Crippen LogP contribution in [0.1, 0.15) is 10.4 Å². The number of hydrogen-bond acceptors (Lipinski definition) is 4. The van der Waals surface area contributed by atoms with Crippen molar-refractivity contribution in [2.75, 3.05) is 5.32 Å². The van der Waals surface area contributed by atoms with E-state index >= 15 is 0 Å². The average molecular weight is 233 g/mol. The number of aryl methyl sites for hydroxylation is 1. The number of aromatic nitrogens is 2. The number of aromatic hydroxyl groups is 2. The number of anilines is 1. The Balaban J connectivity index is 2.23. The minimum absolute atomic E-state index is 0.00402. The maximum absolute atomic E-state index is 11.8. The van der Waals surface area contributed by atoms with Gasteiger partial charge in [-0.05, 0) is 12.1 Å². The average Bonchev–Trinajstić information content (AvgIpc) is 2.68. The van der Waals surface area contributed by atoms with Crippen LogP contribution in [0.15, 0.2) is 30.5 Å². The van der Waals surface area contributed by atoms with Crippen molar-refractivity contribution in [3.8, 4) is 11.5 Å². The van der Waals surface area contributed by atoms with E-state index in [1.807, 2.05) is 0 Å². The van der Waals surface area contributed by atoms with Crippen LogP contribution in [0.25, 0.3) is 0 Å². The van der Waals surface area contributed by atoms with E-state index in [0.29, 0.717) is 5.82 Å². The molecule has 3 N–H and O–H groups in total. The Hall–Kier alpha value is -2.50. The molecule has 2 aromatic rings. The van der Waals surface area contributed by atoms with Gasteiger partial charge in [0.05, 0.1) is 5.56 Å². The van der Waals surface area contributed by atoms with E-state index < -0.39 is 11.7 Å². The van der Waals surface area contributed by atoms with Crippen LogP contribution < -0.4 is 5.32 Å². The minimum atomic E-state index is -0.530. The Bertz CT molecular complexity index is 563. The highest BCUT2D eigenvalue weighted by molar-refractivity contribution is 6.06. The Labute approximate surface area is 97.1 Å². The molecule has 1 aromatic heterocycles. The van der Waals surface area contributed by atoms with Crippen LogP contribution in [0, 0.1) is 0 Å². The first kappa shape index (κ1) is 11.0. The molecule has 6 heteroatoms. The summed E-state index contributed by atoms with van der Waals surface area (Å²) in [5.41, 5.74) is -0.00402. The van der Waals surface area contributed by atoms with Gasteiger partial charge >= 0.3 is 0 Å². The van der Waals surface area contributed by atoms with Crippen molar-refractivity contribution in [3.63, 3.8) is 0 Å². The molecule has 0 unspecified atom stereocenters. The standard InChI is InChI=1S/C11H11N3O3/c1-14-6-5-9(13-14)12-11(17)7-3-2-4-8(15)10(7)16/h2-6,15-16H,1H3,(H,12,13,17). The zero-order valence-corrected chi connectivity index (χ0v) is 9.08. The Morgan fingerprint density at radius 2 is 2.12 bits per heavy atom. The second kappa shape index (κ2) is 4.17. The summed E-state index contributed by atoms with van der Waals surface area (Å²) in [5.74, 6) is -0.933. The van der Waals surface area contributed by atoms with E-state index in [9.17, 15) is 15.0 Å². The molecule has 17 heavy (non-hydrogen) atoms. The van der Waals surface area contributed by atoms with Crippen molar-refractivity contribution in [1.29, 1.82) is 0 Å². The third-order valence-electron chi connectivity index (χ3n) is 2.21. The summed E-state index contributed by atoms with van der Waals surface area (Å²) in [6.45, 7) is 0. The predicted molar refractivity (Wildman–Crippen MR) is 60.9 cm³/mol. The molecule has 0 fully saturated rings. The highest BCUT2D eigenvalue weighted by Crippen LogP contribution is 2.28. The molecule has 1 heterocycles. The summed E-state index contributed by atoms with van der Waals surface area (Å²) in [6.07, 6.45) is 1.68. The van der Waals surface area contributed by atoms with E-state index in [0.717, 1.165) is 0 Å². The van der Waals surface area contributed by atoms with Gasteiger partial charge in [0, 0.05) is 19.3 Å². The van der Waals surface area contributed by atoms with Crippen LogP contribution in [0.3, 0.4) is 0 Å². The molecular weight excluding hydrogens is 222 g/mol. The summed E-state index contributed by atoms with van der Waals surface area (Å²) < 4.78 is 1.54. The van der Waals surface area contributed by atoms with Gasteiger partial charge in [-0.25, -0.2) is 0 Å². The number of carbonyl (C=O) groups excluding carboxylic acids is 1. The number of carbonyl (C=O) groups is 1. The third kappa shape index (κ3) is 2.20. The zero-order chi connectivity index (χ0) is 12.4. The first-order valence-electron chi connectivity index (χ1n) is 4.90. The molecule has 0 atom stereocenters. The van der Waals surface area contributed by atoms with Crippen molar-refractivity contribution < 1.29 is 15.0 Å². The predicted octanol–water partition coefficient (Wildman–Crippen LogP) is 1.08. The van der Waals surface area contributed by atoms with Gasteiger partial charge in [0.25, 0.3) is 5.91 Å². The van der Waals surface area contributed by atoms with E-state index in [-0.39, 0.29) is 11.3 Å². The molecule has 0 aliphatic rings. The van der Waals surface area contributed by atoms with Crippen molar-refractivity contribution in [2.24, 2.45) is 7.05 Å².